The zero-order valence-corrected chi connectivity index (χ0v) is 15.8. The van der Waals surface area contributed by atoms with Crippen LogP contribution >= 0.6 is 11.3 Å². The van der Waals surface area contributed by atoms with Crippen molar-refractivity contribution in [2.45, 2.75) is 32.7 Å². The molecule has 0 saturated heterocycles. The first-order valence-electron chi connectivity index (χ1n) is 8.35. The molecule has 0 bridgehead atoms. The van der Waals surface area contributed by atoms with Gasteiger partial charge in [-0.25, -0.2) is 0 Å². The van der Waals surface area contributed by atoms with E-state index in [0.29, 0.717) is 0 Å². The molecule has 0 spiro atoms. The fraction of sp³-hybridized carbons (Fsp3) is 0.300. The van der Waals surface area contributed by atoms with Gasteiger partial charge in [0.15, 0.2) is 0 Å². The van der Waals surface area contributed by atoms with Gasteiger partial charge in [0.25, 0.3) is 0 Å². The van der Waals surface area contributed by atoms with E-state index in [9.17, 15) is 9.59 Å². The van der Waals surface area contributed by atoms with Crippen LogP contribution in [-0.2, 0) is 20.7 Å². The minimum absolute atomic E-state index is 0.104. The summed E-state index contributed by atoms with van der Waals surface area (Å²) in [7, 11) is 1.34. The van der Waals surface area contributed by atoms with Crippen LogP contribution in [0.2, 0.25) is 0 Å². The van der Waals surface area contributed by atoms with E-state index in [1.807, 2.05) is 43.5 Å². The minimum atomic E-state index is -0.392. The third-order valence-electron chi connectivity index (χ3n) is 4.44. The van der Waals surface area contributed by atoms with Crippen molar-refractivity contribution in [3.63, 3.8) is 0 Å². The Kier molecular flexibility index (Phi) is 5.42. The van der Waals surface area contributed by atoms with Crippen molar-refractivity contribution in [1.29, 1.82) is 0 Å². The van der Waals surface area contributed by atoms with Crippen LogP contribution in [0.15, 0.2) is 40.3 Å². The summed E-state index contributed by atoms with van der Waals surface area (Å²) >= 11 is 1.50. The summed E-state index contributed by atoms with van der Waals surface area (Å²) in [6.45, 7) is 4.07. The number of esters is 1. The van der Waals surface area contributed by atoms with Gasteiger partial charge in [-0.3, -0.25) is 9.59 Å². The number of hydrogen-bond donors (Lipinski definition) is 1. The van der Waals surface area contributed by atoms with Crippen LogP contribution in [0.5, 0.6) is 0 Å². The van der Waals surface area contributed by atoms with Crippen molar-refractivity contribution in [3.05, 3.63) is 57.5 Å². The molecular weight excluding hydrogens is 350 g/mol. The maximum atomic E-state index is 12.6. The van der Waals surface area contributed by atoms with Crippen LogP contribution in [0.4, 0.5) is 0 Å². The standard InChI is InChI=1S/C20H21NO4S/c1-12-7-15-14(11-25-17(15)8-13(12)2)9-19(22)21-16(10-20(23)24-3)18-5-4-6-26-18/h4-8,11,16H,9-10H2,1-3H3,(H,21,22). The SMILES string of the molecule is COC(=O)CC(NC(=O)Cc1coc2cc(C)c(C)cc12)c1cccs1. The van der Waals surface area contributed by atoms with E-state index >= 15 is 0 Å². The van der Waals surface area contributed by atoms with Gasteiger partial charge in [0.1, 0.15) is 5.58 Å². The van der Waals surface area contributed by atoms with Crippen molar-refractivity contribution in [2.75, 3.05) is 7.11 Å². The normalized spacial score (nSPS) is 12.1. The number of thiophene rings is 1. The Hall–Kier alpha value is -2.60. The molecule has 2 heterocycles. The fourth-order valence-corrected chi connectivity index (χ4v) is 3.63. The number of benzene rings is 1. The topological polar surface area (TPSA) is 68.5 Å². The lowest BCUT2D eigenvalue weighted by molar-refractivity contribution is -0.141. The van der Waals surface area contributed by atoms with Crippen molar-refractivity contribution < 1.29 is 18.7 Å². The molecule has 0 radical (unpaired) electrons. The molecule has 0 aliphatic heterocycles. The van der Waals surface area contributed by atoms with Gasteiger partial charge in [0.2, 0.25) is 5.91 Å². The number of fused-ring (bicyclic) bond motifs is 1. The molecule has 1 atom stereocenters. The summed E-state index contributed by atoms with van der Waals surface area (Å²) in [4.78, 5) is 25.2. The zero-order valence-electron chi connectivity index (χ0n) is 15.0. The van der Waals surface area contributed by atoms with E-state index in [1.165, 1.54) is 18.4 Å². The molecule has 1 amide bonds. The number of rotatable bonds is 6. The molecule has 5 nitrogen and oxygen atoms in total. The van der Waals surface area contributed by atoms with Gasteiger partial charge >= 0.3 is 5.97 Å². The van der Waals surface area contributed by atoms with Crippen molar-refractivity contribution in [3.8, 4) is 0 Å². The highest BCUT2D eigenvalue weighted by Crippen LogP contribution is 2.26. The van der Waals surface area contributed by atoms with Gasteiger partial charge in [-0.05, 0) is 48.6 Å². The van der Waals surface area contributed by atoms with Gasteiger partial charge in [-0.1, -0.05) is 6.07 Å². The largest absolute Gasteiger partial charge is 0.469 e. The second-order valence-corrected chi connectivity index (χ2v) is 7.27. The molecule has 0 fully saturated rings. The summed E-state index contributed by atoms with van der Waals surface area (Å²) < 4.78 is 10.3. The Morgan fingerprint density at radius 1 is 1.27 bits per heavy atom. The minimum Gasteiger partial charge on any atom is -0.469 e. The van der Waals surface area contributed by atoms with E-state index in [-0.39, 0.29) is 24.7 Å². The molecule has 1 unspecified atom stereocenters. The van der Waals surface area contributed by atoms with Gasteiger partial charge < -0.3 is 14.5 Å². The second-order valence-electron chi connectivity index (χ2n) is 6.29. The molecule has 0 aliphatic carbocycles. The number of carbonyl (C=O) groups is 2. The van der Waals surface area contributed by atoms with Crippen molar-refractivity contribution in [1.82, 2.24) is 5.32 Å². The predicted molar refractivity (Wildman–Crippen MR) is 101 cm³/mol. The molecular formula is C20H21NO4S. The lowest BCUT2D eigenvalue weighted by Gasteiger charge is -2.16. The molecule has 3 aromatic rings. The Morgan fingerprint density at radius 2 is 2.04 bits per heavy atom. The summed E-state index contributed by atoms with van der Waals surface area (Å²) in [5, 5.41) is 5.81. The number of methoxy groups -OCH3 is 1. The molecule has 3 rings (SSSR count). The number of hydrogen-bond acceptors (Lipinski definition) is 5. The highest BCUT2D eigenvalue weighted by molar-refractivity contribution is 7.10. The van der Waals surface area contributed by atoms with E-state index in [4.69, 9.17) is 9.15 Å². The highest BCUT2D eigenvalue weighted by Gasteiger charge is 2.21. The number of ether oxygens (including phenoxy) is 1. The first-order chi connectivity index (χ1) is 12.5. The van der Waals surface area contributed by atoms with Gasteiger partial charge in [0, 0.05) is 15.8 Å². The van der Waals surface area contributed by atoms with Crippen molar-refractivity contribution in [2.24, 2.45) is 0 Å². The van der Waals surface area contributed by atoms with E-state index in [2.05, 4.69) is 5.32 Å². The molecule has 26 heavy (non-hydrogen) atoms. The third kappa shape index (κ3) is 3.96. The van der Waals surface area contributed by atoms with E-state index in [0.717, 1.165) is 32.5 Å². The van der Waals surface area contributed by atoms with Gasteiger partial charge in [-0.15, -0.1) is 11.3 Å². The van der Waals surface area contributed by atoms with Crippen LogP contribution in [0, 0.1) is 13.8 Å². The van der Waals surface area contributed by atoms with E-state index < -0.39 is 6.04 Å². The lowest BCUT2D eigenvalue weighted by Crippen LogP contribution is -2.31. The van der Waals surface area contributed by atoms with Gasteiger partial charge in [-0.2, -0.15) is 0 Å². The maximum Gasteiger partial charge on any atom is 0.307 e. The fourth-order valence-electron chi connectivity index (χ4n) is 2.85. The number of nitrogens with one attached hydrogen (secondary N) is 1. The van der Waals surface area contributed by atoms with Crippen LogP contribution in [0.1, 0.15) is 34.0 Å². The van der Waals surface area contributed by atoms with Crippen LogP contribution in [0.3, 0.4) is 0 Å². The van der Waals surface area contributed by atoms with Crippen LogP contribution in [0.25, 0.3) is 11.0 Å². The zero-order chi connectivity index (χ0) is 18.7. The average molecular weight is 371 g/mol. The van der Waals surface area contributed by atoms with Gasteiger partial charge in [0.05, 0.1) is 32.3 Å². The predicted octanol–water partition coefficient (Wildman–Crippen LogP) is 4.07. The number of aryl methyl sites for hydroxylation is 2. The summed E-state index contributed by atoms with van der Waals surface area (Å²) in [5.41, 5.74) is 3.92. The Morgan fingerprint density at radius 3 is 2.73 bits per heavy atom. The Bertz CT molecular complexity index is 927. The quantitative estimate of drug-likeness (QED) is 0.663. The molecule has 0 aliphatic rings. The average Bonchev–Trinajstić information content (AvgIpc) is 3.26. The Balaban J connectivity index is 1.76. The lowest BCUT2D eigenvalue weighted by atomic mass is 10.0. The number of carbonyl (C=O) groups excluding carboxylic acids is 2. The number of furan rings is 1. The molecule has 0 saturated carbocycles. The molecule has 1 aromatic carbocycles. The Labute approximate surface area is 156 Å². The monoisotopic (exact) mass is 371 g/mol. The van der Waals surface area contributed by atoms with Crippen molar-refractivity contribution >= 4 is 34.2 Å². The molecule has 1 N–H and O–H groups in total. The number of amides is 1. The summed E-state index contributed by atoms with van der Waals surface area (Å²) in [6, 6.07) is 7.43. The molecule has 6 heteroatoms. The van der Waals surface area contributed by atoms with Crippen LogP contribution in [-0.4, -0.2) is 19.0 Å². The maximum absolute atomic E-state index is 12.6. The first-order valence-corrected chi connectivity index (χ1v) is 9.22. The molecule has 136 valence electrons. The van der Waals surface area contributed by atoms with Crippen LogP contribution < -0.4 is 5.32 Å². The highest BCUT2D eigenvalue weighted by atomic mass is 32.1. The summed E-state index contributed by atoms with van der Waals surface area (Å²) in [5.74, 6) is -0.517. The molecule has 2 aromatic heterocycles. The summed E-state index contributed by atoms with van der Waals surface area (Å²) in [6.07, 6.45) is 1.93. The first kappa shape index (κ1) is 18.2. The van der Waals surface area contributed by atoms with E-state index in [1.54, 1.807) is 6.26 Å². The smallest absolute Gasteiger partial charge is 0.307 e. The third-order valence-corrected chi connectivity index (χ3v) is 5.43. The second kappa shape index (κ2) is 7.74.